The molecule has 132 valence electrons. The summed E-state index contributed by atoms with van der Waals surface area (Å²) in [5.41, 5.74) is 0.169. The van der Waals surface area contributed by atoms with Crippen molar-refractivity contribution in [1.29, 1.82) is 0 Å². The molecule has 0 unspecified atom stereocenters. The summed E-state index contributed by atoms with van der Waals surface area (Å²) in [7, 11) is -3.99. The molecule has 2 N–H and O–H groups in total. The predicted molar refractivity (Wildman–Crippen MR) is 88.4 cm³/mol. The molecule has 0 saturated carbocycles. The van der Waals surface area contributed by atoms with Gasteiger partial charge in [-0.15, -0.1) is 0 Å². The molecule has 1 aromatic heterocycles. The fraction of sp³-hybridized carbons (Fsp3) is 0.0714. The van der Waals surface area contributed by atoms with Crippen molar-refractivity contribution in [2.24, 2.45) is 0 Å². The first-order valence-electron chi connectivity index (χ1n) is 6.61. The lowest BCUT2D eigenvalue weighted by Crippen LogP contribution is -2.12. The number of halogens is 5. The van der Waals surface area contributed by atoms with Crippen molar-refractivity contribution in [1.82, 2.24) is 9.97 Å². The Bertz CT molecular complexity index is 1060. The molecule has 0 bridgehead atoms. The van der Waals surface area contributed by atoms with Gasteiger partial charge in [-0.05, 0) is 36.4 Å². The average Bonchev–Trinajstić information content (AvgIpc) is 2.93. The van der Waals surface area contributed by atoms with Crippen LogP contribution in [-0.4, -0.2) is 18.4 Å². The van der Waals surface area contributed by atoms with Crippen molar-refractivity contribution in [3.8, 4) is 0 Å². The van der Waals surface area contributed by atoms with E-state index < -0.39 is 22.0 Å². The summed E-state index contributed by atoms with van der Waals surface area (Å²) in [6.07, 6.45) is -4.63. The second-order valence-corrected chi connectivity index (χ2v) is 7.49. The molecule has 0 radical (unpaired) electrons. The van der Waals surface area contributed by atoms with E-state index in [1.165, 1.54) is 36.4 Å². The standard InChI is InChI=1S/C14H8Cl2F3N3O2S/c15-9-3-2-8(6-10(9)16)25(23,24)22-7-1-4-11-12(5-7)21-13(20-11)14(17,18)19/h1-6,22H,(H,20,21). The number of fused-ring (bicyclic) bond motifs is 1. The molecule has 0 spiro atoms. The summed E-state index contributed by atoms with van der Waals surface area (Å²) in [4.78, 5) is 5.38. The van der Waals surface area contributed by atoms with Gasteiger partial charge in [0.05, 0.1) is 31.7 Å². The Hall–Kier alpha value is -1.97. The zero-order chi connectivity index (χ0) is 18.4. The minimum absolute atomic E-state index is 0.0432. The normalized spacial score (nSPS) is 12.5. The van der Waals surface area contributed by atoms with Gasteiger partial charge >= 0.3 is 6.18 Å². The van der Waals surface area contributed by atoms with Crippen molar-refractivity contribution in [3.63, 3.8) is 0 Å². The Balaban J connectivity index is 1.95. The maximum atomic E-state index is 12.7. The molecule has 2 aromatic carbocycles. The summed E-state index contributed by atoms with van der Waals surface area (Å²) in [5.74, 6) is -1.16. The van der Waals surface area contributed by atoms with Gasteiger partial charge in [-0.2, -0.15) is 13.2 Å². The highest BCUT2D eigenvalue weighted by Crippen LogP contribution is 2.30. The van der Waals surface area contributed by atoms with Crippen molar-refractivity contribution in [3.05, 3.63) is 52.3 Å². The van der Waals surface area contributed by atoms with Gasteiger partial charge in [0, 0.05) is 0 Å². The van der Waals surface area contributed by atoms with Crippen LogP contribution in [0, 0.1) is 0 Å². The molecule has 0 amide bonds. The Morgan fingerprint density at radius 1 is 1.04 bits per heavy atom. The number of hydrogen-bond donors (Lipinski definition) is 2. The van der Waals surface area contributed by atoms with Crippen LogP contribution in [0.2, 0.25) is 10.0 Å². The van der Waals surface area contributed by atoms with E-state index in [-0.39, 0.29) is 31.7 Å². The fourth-order valence-corrected chi connectivity index (χ4v) is 3.50. The first-order valence-corrected chi connectivity index (χ1v) is 8.85. The van der Waals surface area contributed by atoms with Crippen LogP contribution in [0.1, 0.15) is 5.82 Å². The molecule has 1 heterocycles. The largest absolute Gasteiger partial charge is 0.449 e. The van der Waals surface area contributed by atoms with Crippen LogP contribution >= 0.6 is 23.2 Å². The lowest BCUT2D eigenvalue weighted by Gasteiger charge is -2.09. The summed E-state index contributed by atoms with van der Waals surface area (Å²) in [6.45, 7) is 0. The molecular formula is C14H8Cl2F3N3O2S. The lowest BCUT2D eigenvalue weighted by molar-refractivity contribution is -0.144. The fourth-order valence-electron chi connectivity index (χ4n) is 2.07. The Morgan fingerprint density at radius 2 is 1.76 bits per heavy atom. The Kier molecular flexibility index (Phi) is 4.34. The van der Waals surface area contributed by atoms with Crippen molar-refractivity contribution in [2.75, 3.05) is 4.72 Å². The number of H-pyrrole nitrogens is 1. The number of aromatic nitrogens is 2. The highest BCUT2D eigenvalue weighted by Gasteiger charge is 2.34. The first kappa shape index (κ1) is 17.8. The molecule has 0 fully saturated rings. The van der Waals surface area contributed by atoms with Crippen molar-refractivity contribution < 1.29 is 21.6 Å². The smallest absolute Gasteiger partial charge is 0.334 e. The third-order valence-electron chi connectivity index (χ3n) is 3.20. The molecule has 0 aliphatic carbocycles. The van der Waals surface area contributed by atoms with E-state index in [2.05, 4.69) is 14.7 Å². The number of hydrogen-bond acceptors (Lipinski definition) is 3. The number of aromatic amines is 1. The third kappa shape index (κ3) is 3.68. The molecule has 5 nitrogen and oxygen atoms in total. The van der Waals surface area contributed by atoms with E-state index in [1.807, 2.05) is 0 Å². The Labute approximate surface area is 149 Å². The topological polar surface area (TPSA) is 74.8 Å². The molecule has 0 aliphatic heterocycles. The minimum atomic E-state index is -4.63. The second-order valence-electron chi connectivity index (χ2n) is 5.00. The average molecular weight is 410 g/mol. The maximum Gasteiger partial charge on any atom is 0.449 e. The Morgan fingerprint density at radius 3 is 2.40 bits per heavy atom. The van der Waals surface area contributed by atoms with Gasteiger partial charge in [-0.1, -0.05) is 23.2 Å². The summed E-state index contributed by atoms with van der Waals surface area (Å²) in [5, 5.41) is 0.252. The van der Waals surface area contributed by atoms with Gasteiger partial charge < -0.3 is 4.98 Å². The molecule has 0 saturated heterocycles. The zero-order valence-electron chi connectivity index (χ0n) is 12.0. The number of imidazole rings is 1. The summed E-state index contributed by atoms with van der Waals surface area (Å²) in [6, 6.07) is 7.54. The van der Waals surface area contributed by atoms with Crippen LogP contribution < -0.4 is 4.72 Å². The highest BCUT2D eigenvalue weighted by molar-refractivity contribution is 7.92. The minimum Gasteiger partial charge on any atom is -0.334 e. The van der Waals surface area contributed by atoms with Crippen molar-refractivity contribution >= 4 is 49.9 Å². The maximum absolute atomic E-state index is 12.7. The van der Waals surface area contributed by atoms with Crippen LogP contribution in [0.4, 0.5) is 18.9 Å². The second kappa shape index (κ2) is 6.08. The molecule has 11 heteroatoms. The van der Waals surface area contributed by atoms with E-state index in [9.17, 15) is 21.6 Å². The highest BCUT2D eigenvalue weighted by atomic mass is 35.5. The number of nitrogens with zero attached hydrogens (tertiary/aromatic N) is 1. The van der Waals surface area contributed by atoms with E-state index in [1.54, 1.807) is 0 Å². The number of anilines is 1. The SMILES string of the molecule is O=S(=O)(Nc1ccc2nc(C(F)(F)F)[nH]c2c1)c1ccc(Cl)c(Cl)c1. The van der Waals surface area contributed by atoms with Gasteiger partial charge in [0.2, 0.25) is 5.82 Å². The molecule has 3 aromatic rings. The number of benzene rings is 2. The van der Waals surface area contributed by atoms with Gasteiger partial charge in [0.25, 0.3) is 10.0 Å². The zero-order valence-corrected chi connectivity index (χ0v) is 14.4. The van der Waals surface area contributed by atoms with Gasteiger partial charge in [-0.25, -0.2) is 13.4 Å². The van der Waals surface area contributed by atoms with Crippen LogP contribution in [0.5, 0.6) is 0 Å². The van der Waals surface area contributed by atoms with Crippen LogP contribution in [-0.2, 0) is 16.2 Å². The number of nitrogens with one attached hydrogen (secondary N) is 2. The predicted octanol–water partition coefficient (Wildman–Crippen LogP) is 4.69. The van der Waals surface area contributed by atoms with E-state index in [0.29, 0.717) is 0 Å². The van der Waals surface area contributed by atoms with Crippen LogP contribution in [0.25, 0.3) is 11.0 Å². The van der Waals surface area contributed by atoms with Gasteiger partial charge in [-0.3, -0.25) is 4.72 Å². The molecule has 0 aliphatic rings. The van der Waals surface area contributed by atoms with Crippen molar-refractivity contribution in [2.45, 2.75) is 11.1 Å². The van der Waals surface area contributed by atoms with Crippen LogP contribution in [0.15, 0.2) is 41.3 Å². The summed E-state index contributed by atoms with van der Waals surface area (Å²) < 4.78 is 64.9. The summed E-state index contributed by atoms with van der Waals surface area (Å²) >= 11 is 11.5. The third-order valence-corrected chi connectivity index (χ3v) is 5.32. The number of rotatable bonds is 3. The molecule has 25 heavy (non-hydrogen) atoms. The number of alkyl halides is 3. The lowest BCUT2D eigenvalue weighted by atomic mass is 10.3. The monoisotopic (exact) mass is 409 g/mol. The molecular weight excluding hydrogens is 402 g/mol. The molecule has 0 atom stereocenters. The quantitative estimate of drug-likeness (QED) is 0.658. The van der Waals surface area contributed by atoms with Gasteiger partial charge in [0.1, 0.15) is 0 Å². The first-order chi connectivity index (χ1) is 11.6. The van der Waals surface area contributed by atoms with E-state index in [4.69, 9.17) is 23.2 Å². The molecule has 3 rings (SSSR count). The van der Waals surface area contributed by atoms with E-state index in [0.717, 1.165) is 0 Å². The van der Waals surface area contributed by atoms with Gasteiger partial charge in [0.15, 0.2) is 0 Å². The van der Waals surface area contributed by atoms with E-state index >= 15 is 0 Å². The van der Waals surface area contributed by atoms with Crippen LogP contribution in [0.3, 0.4) is 0 Å². The number of sulfonamides is 1.